The number of rotatable bonds is 7. The van der Waals surface area contributed by atoms with Gasteiger partial charge < -0.3 is 10.6 Å². The Balaban J connectivity index is 3.04. The zero-order chi connectivity index (χ0) is 16.0. The van der Waals surface area contributed by atoms with Crippen molar-refractivity contribution in [1.82, 2.24) is 9.88 Å². The van der Waals surface area contributed by atoms with Gasteiger partial charge in [0.1, 0.15) is 12.0 Å². The summed E-state index contributed by atoms with van der Waals surface area (Å²) in [6, 6.07) is 1.19. The zero-order valence-corrected chi connectivity index (χ0v) is 12.7. The first-order valence-electron chi connectivity index (χ1n) is 7.13. The number of carbonyl (C=O) groups is 1. The lowest BCUT2D eigenvalue weighted by atomic mass is 10.0. The number of hydrogen-bond acceptors (Lipinski definition) is 5. The normalized spacial score (nSPS) is 10.7. The van der Waals surface area contributed by atoms with Crippen LogP contribution in [0, 0.1) is 16.0 Å². The highest BCUT2D eigenvalue weighted by Gasteiger charge is 2.22. The molecule has 1 amide bonds. The minimum Gasteiger partial charge on any atom is -0.383 e. The zero-order valence-electron chi connectivity index (χ0n) is 12.7. The molecule has 0 saturated heterocycles. The van der Waals surface area contributed by atoms with Crippen LogP contribution in [0.1, 0.15) is 44.0 Å². The molecule has 0 unspecified atom stereocenters. The summed E-state index contributed by atoms with van der Waals surface area (Å²) in [6.45, 7) is 7.18. The summed E-state index contributed by atoms with van der Waals surface area (Å²) in [7, 11) is 0. The summed E-state index contributed by atoms with van der Waals surface area (Å²) in [5.41, 5.74) is 5.56. The first-order valence-corrected chi connectivity index (χ1v) is 7.13. The molecule has 1 aromatic rings. The summed E-state index contributed by atoms with van der Waals surface area (Å²) in [4.78, 5) is 28.1. The topological polar surface area (TPSA) is 102 Å². The van der Waals surface area contributed by atoms with Crippen LogP contribution in [0.5, 0.6) is 0 Å². The standard InChI is InChI=1S/C14H22N4O3/c1-4-10(5-2)9-17(6-3)14(19)12-7-11(18(20)21)8-16-13(12)15/h7-8,10H,4-6,9H2,1-3H3,(H2,15,16). The second-order valence-electron chi connectivity index (χ2n) is 4.91. The van der Waals surface area contributed by atoms with Crippen molar-refractivity contribution in [3.8, 4) is 0 Å². The summed E-state index contributed by atoms with van der Waals surface area (Å²) in [5, 5.41) is 10.8. The van der Waals surface area contributed by atoms with Crippen LogP contribution in [-0.4, -0.2) is 33.8 Å². The number of nitrogens with two attached hydrogens (primary N) is 1. The maximum atomic E-state index is 12.5. The summed E-state index contributed by atoms with van der Waals surface area (Å²) >= 11 is 0. The Morgan fingerprint density at radius 2 is 2.05 bits per heavy atom. The van der Waals surface area contributed by atoms with Gasteiger partial charge in [0.2, 0.25) is 0 Å². The molecule has 7 heteroatoms. The van der Waals surface area contributed by atoms with Gasteiger partial charge in [0.05, 0.1) is 10.5 Å². The van der Waals surface area contributed by atoms with E-state index in [2.05, 4.69) is 18.8 Å². The van der Waals surface area contributed by atoms with Crippen molar-refractivity contribution < 1.29 is 9.72 Å². The molecule has 116 valence electrons. The van der Waals surface area contributed by atoms with E-state index in [9.17, 15) is 14.9 Å². The van der Waals surface area contributed by atoms with Gasteiger partial charge in [-0.25, -0.2) is 4.98 Å². The third-order valence-electron chi connectivity index (χ3n) is 3.65. The van der Waals surface area contributed by atoms with Gasteiger partial charge in [-0.2, -0.15) is 0 Å². The van der Waals surface area contributed by atoms with Crippen molar-refractivity contribution in [3.63, 3.8) is 0 Å². The molecule has 1 heterocycles. The lowest BCUT2D eigenvalue weighted by molar-refractivity contribution is -0.385. The van der Waals surface area contributed by atoms with E-state index in [1.807, 2.05) is 6.92 Å². The van der Waals surface area contributed by atoms with E-state index in [0.717, 1.165) is 19.0 Å². The third-order valence-corrected chi connectivity index (χ3v) is 3.65. The molecule has 1 rings (SSSR count). The lowest BCUT2D eigenvalue weighted by Gasteiger charge is -2.25. The predicted octanol–water partition coefficient (Wildman–Crippen LogP) is 2.47. The molecular formula is C14H22N4O3. The molecule has 0 radical (unpaired) electrons. The number of carbonyl (C=O) groups excluding carboxylic acids is 1. The molecule has 1 aromatic heterocycles. The Labute approximate surface area is 124 Å². The van der Waals surface area contributed by atoms with Crippen LogP contribution in [0.2, 0.25) is 0 Å². The highest BCUT2D eigenvalue weighted by molar-refractivity contribution is 5.98. The van der Waals surface area contributed by atoms with Crippen LogP contribution in [0.4, 0.5) is 11.5 Å². The SMILES string of the molecule is CCC(CC)CN(CC)C(=O)c1cc([N+](=O)[O-])cnc1N. The summed E-state index contributed by atoms with van der Waals surface area (Å²) in [6.07, 6.45) is 3.01. The number of nitrogens with zero attached hydrogens (tertiary/aromatic N) is 3. The van der Waals surface area contributed by atoms with Gasteiger partial charge in [0.25, 0.3) is 11.6 Å². The van der Waals surface area contributed by atoms with Crippen LogP contribution in [0.3, 0.4) is 0 Å². The van der Waals surface area contributed by atoms with Gasteiger partial charge in [-0.1, -0.05) is 26.7 Å². The van der Waals surface area contributed by atoms with Gasteiger partial charge in [0.15, 0.2) is 0 Å². The molecule has 0 atom stereocenters. The Hall–Kier alpha value is -2.18. The maximum absolute atomic E-state index is 12.5. The monoisotopic (exact) mass is 294 g/mol. The highest BCUT2D eigenvalue weighted by atomic mass is 16.6. The van der Waals surface area contributed by atoms with Crippen molar-refractivity contribution in [1.29, 1.82) is 0 Å². The van der Waals surface area contributed by atoms with Crippen molar-refractivity contribution in [2.75, 3.05) is 18.8 Å². The van der Waals surface area contributed by atoms with Gasteiger partial charge in [-0.3, -0.25) is 14.9 Å². The van der Waals surface area contributed by atoms with Crippen molar-refractivity contribution in [2.24, 2.45) is 5.92 Å². The molecule has 2 N–H and O–H groups in total. The number of pyridine rings is 1. The number of nitrogen functional groups attached to an aromatic ring is 1. The molecule has 0 spiro atoms. The second kappa shape index (κ2) is 7.56. The Morgan fingerprint density at radius 1 is 1.43 bits per heavy atom. The summed E-state index contributed by atoms with van der Waals surface area (Å²) in [5.74, 6) is 0.119. The average Bonchev–Trinajstić information content (AvgIpc) is 2.48. The maximum Gasteiger partial charge on any atom is 0.288 e. The largest absolute Gasteiger partial charge is 0.383 e. The second-order valence-corrected chi connectivity index (χ2v) is 4.91. The van der Waals surface area contributed by atoms with E-state index in [1.54, 1.807) is 4.90 Å². The highest BCUT2D eigenvalue weighted by Crippen LogP contribution is 2.20. The molecule has 0 fully saturated rings. The Bertz CT molecular complexity index is 515. The fourth-order valence-electron chi connectivity index (χ4n) is 2.12. The Morgan fingerprint density at radius 3 is 2.52 bits per heavy atom. The molecule has 0 bridgehead atoms. The average molecular weight is 294 g/mol. The number of anilines is 1. The van der Waals surface area contributed by atoms with Gasteiger partial charge in [-0.15, -0.1) is 0 Å². The van der Waals surface area contributed by atoms with Gasteiger partial charge >= 0.3 is 0 Å². The first-order chi connectivity index (χ1) is 9.94. The van der Waals surface area contributed by atoms with Crippen LogP contribution < -0.4 is 5.73 Å². The number of nitro groups is 1. The molecule has 21 heavy (non-hydrogen) atoms. The Kier molecular flexibility index (Phi) is 6.08. The van der Waals surface area contributed by atoms with Gasteiger partial charge in [-0.05, 0) is 12.8 Å². The van der Waals surface area contributed by atoms with Crippen LogP contribution in [0.15, 0.2) is 12.3 Å². The van der Waals surface area contributed by atoms with Crippen molar-refractivity contribution in [2.45, 2.75) is 33.6 Å². The fourth-order valence-corrected chi connectivity index (χ4v) is 2.12. The van der Waals surface area contributed by atoms with E-state index < -0.39 is 4.92 Å². The van der Waals surface area contributed by atoms with Crippen molar-refractivity contribution >= 4 is 17.4 Å². The van der Waals surface area contributed by atoms with E-state index in [-0.39, 0.29) is 23.0 Å². The lowest BCUT2D eigenvalue weighted by Crippen LogP contribution is -2.35. The first kappa shape index (κ1) is 16.9. The van der Waals surface area contributed by atoms with Crippen molar-refractivity contribution in [3.05, 3.63) is 27.9 Å². The van der Waals surface area contributed by atoms with Crippen LogP contribution in [0.25, 0.3) is 0 Å². The predicted molar refractivity (Wildman–Crippen MR) is 81.0 cm³/mol. The van der Waals surface area contributed by atoms with Crippen LogP contribution in [-0.2, 0) is 0 Å². The fraction of sp³-hybridized carbons (Fsp3) is 0.571. The molecule has 0 aliphatic carbocycles. The number of aromatic nitrogens is 1. The smallest absolute Gasteiger partial charge is 0.288 e. The minimum atomic E-state index is -0.583. The number of hydrogen-bond donors (Lipinski definition) is 1. The van der Waals surface area contributed by atoms with E-state index in [1.165, 1.54) is 6.07 Å². The quantitative estimate of drug-likeness (QED) is 0.614. The molecule has 0 aliphatic rings. The van der Waals surface area contributed by atoms with E-state index >= 15 is 0 Å². The van der Waals surface area contributed by atoms with E-state index in [4.69, 9.17) is 5.73 Å². The number of amides is 1. The minimum absolute atomic E-state index is 0.0218. The van der Waals surface area contributed by atoms with Crippen LogP contribution >= 0.6 is 0 Å². The molecule has 0 saturated carbocycles. The van der Waals surface area contributed by atoms with Gasteiger partial charge in [0, 0.05) is 19.2 Å². The third kappa shape index (κ3) is 4.14. The molecular weight excluding hydrogens is 272 g/mol. The molecule has 0 aliphatic heterocycles. The molecule has 0 aromatic carbocycles. The summed E-state index contributed by atoms with van der Waals surface area (Å²) < 4.78 is 0. The van der Waals surface area contributed by atoms with E-state index in [0.29, 0.717) is 19.0 Å². The molecule has 7 nitrogen and oxygen atoms in total.